The first-order chi connectivity index (χ1) is 23.8. The smallest absolute Gasteiger partial charge is 0.228 e. The number of para-hydroxylation sites is 1. The molecule has 0 bridgehead atoms. The molecule has 0 amide bonds. The van der Waals surface area contributed by atoms with Crippen LogP contribution in [-0.2, 0) is 0 Å². The van der Waals surface area contributed by atoms with Gasteiger partial charge in [-0.2, -0.15) is 0 Å². The molecular weight excluding hydrogens is 585 g/mol. The van der Waals surface area contributed by atoms with Crippen LogP contribution in [0.3, 0.4) is 0 Å². The Balaban J connectivity index is 1.11. The van der Waals surface area contributed by atoms with Crippen LogP contribution >= 0.6 is 0 Å². The van der Waals surface area contributed by atoms with Crippen LogP contribution in [0.2, 0.25) is 0 Å². The highest BCUT2D eigenvalue weighted by molar-refractivity contribution is 6.18. The van der Waals surface area contributed by atoms with Crippen LogP contribution in [-0.4, -0.2) is 9.55 Å². The molecule has 11 rings (SSSR count). The van der Waals surface area contributed by atoms with Crippen LogP contribution in [0.1, 0.15) is 0 Å². The summed E-state index contributed by atoms with van der Waals surface area (Å²) in [5.74, 6) is 1.50. The van der Waals surface area contributed by atoms with Crippen LogP contribution < -0.4 is 0 Å². The summed E-state index contributed by atoms with van der Waals surface area (Å²) in [4.78, 5) is 5.22. The van der Waals surface area contributed by atoms with Gasteiger partial charge in [-0.05, 0) is 69.1 Å². The lowest BCUT2D eigenvalue weighted by molar-refractivity contribution is 0.591. The van der Waals surface area contributed by atoms with E-state index >= 15 is 0 Å². The zero-order valence-corrected chi connectivity index (χ0v) is 25.8. The molecule has 0 saturated heterocycles. The van der Waals surface area contributed by atoms with Crippen molar-refractivity contribution in [3.8, 4) is 50.8 Å². The minimum absolute atomic E-state index is 0.658. The van der Waals surface area contributed by atoms with Crippen LogP contribution in [0.25, 0.3) is 105 Å². The minimum atomic E-state index is 0.658. The second-order valence-electron chi connectivity index (χ2n) is 12.7. The van der Waals surface area contributed by atoms with Gasteiger partial charge in [0.2, 0.25) is 5.89 Å². The molecule has 222 valence electrons. The first-order valence-corrected chi connectivity index (χ1v) is 16.4. The monoisotopic (exact) mass is 610 g/mol. The Bertz CT molecular complexity index is 2920. The molecule has 3 heteroatoms. The maximum atomic E-state index is 6.75. The average Bonchev–Trinajstić information content (AvgIpc) is 3.82. The lowest BCUT2D eigenvalue weighted by Gasteiger charge is -2.13. The lowest BCUT2D eigenvalue weighted by Crippen LogP contribution is -1.96. The number of nitrogens with zero attached hydrogens (tertiary/aromatic N) is 2. The minimum Gasteiger partial charge on any atom is -0.435 e. The first-order valence-electron chi connectivity index (χ1n) is 16.4. The Morgan fingerprint density at radius 1 is 0.438 bits per heavy atom. The topological polar surface area (TPSA) is 31.0 Å². The second kappa shape index (κ2) is 9.54. The predicted octanol–water partition coefficient (Wildman–Crippen LogP) is 12.2. The van der Waals surface area contributed by atoms with Crippen LogP contribution in [0.5, 0.6) is 0 Å². The van der Waals surface area contributed by atoms with Gasteiger partial charge < -0.3 is 8.98 Å². The van der Waals surface area contributed by atoms with Gasteiger partial charge in [-0.15, -0.1) is 0 Å². The summed E-state index contributed by atoms with van der Waals surface area (Å²) in [5, 5.41) is 9.64. The molecule has 48 heavy (non-hydrogen) atoms. The highest BCUT2D eigenvalue weighted by atomic mass is 16.4. The molecule has 0 unspecified atom stereocenters. The van der Waals surface area contributed by atoms with Crippen LogP contribution in [0.15, 0.2) is 162 Å². The van der Waals surface area contributed by atoms with E-state index in [-0.39, 0.29) is 0 Å². The number of aromatic nitrogens is 2. The average molecular weight is 611 g/mol. The van der Waals surface area contributed by atoms with Crippen molar-refractivity contribution in [3.05, 3.63) is 158 Å². The maximum Gasteiger partial charge on any atom is 0.228 e. The third kappa shape index (κ3) is 3.45. The third-order valence-corrected chi connectivity index (χ3v) is 10.2. The van der Waals surface area contributed by atoms with Gasteiger partial charge in [-0.3, -0.25) is 0 Å². The molecule has 0 spiro atoms. The van der Waals surface area contributed by atoms with Crippen molar-refractivity contribution >= 4 is 54.1 Å². The van der Waals surface area contributed by atoms with E-state index in [0.29, 0.717) is 5.89 Å². The standard InChI is InChI=1S/C45H26N2O/c1-2-11-27(12-3-1)28-21-23-41-37(25-28)33-17-8-9-20-39(33)47(41)40-24-22-36-42-34(40)18-10-19-35(42)43-44(36)48-45(46-43)38-26-29-13-4-5-14-30(29)31-15-6-7-16-32(31)38/h1-26H. The molecule has 1 aliphatic rings. The molecule has 0 saturated carbocycles. The molecular formula is C45H26N2O. The van der Waals surface area contributed by atoms with Gasteiger partial charge in [0.05, 0.1) is 16.7 Å². The number of fused-ring (bicyclic) bond motifs is 9. The van der Waals surface area contributed by atoms with E-state index in [0.717, 1.165) is 39.2 Å². The van der Waals surface area contributed by atoms with Crippen molar-refractivity contribution in [2.75, 3.05) is 0 Å². The Hall–Kier alpha value is -6.45. The Morgan fingerprint density at radius 2 is 1.17 bits per heavy atom. The number of hydrogen-bond acceptors (Lipinski definition) is 2. The summed E-state index contributed by atoms with van der Waals surface area (Å²) in [5.41, 5.74) is 10.1. The normalized spacial score (nSPS) is 12.2. The molecule has 0 N–H and O–H groups in total. The SMILES string of the molecule is c1ccc(-c2ccc3c(c2)c2ccccc2n3-c2ccc3c4c(cccc24)-c2nc(-c4cc5ccccc5c5ccccc45)oc2-3)cc1. The van der Waals surface area contributed by atoms with Gasteiger partial charge in [-0.1, -0.05) is 121 Å². The summed E-state index contributed by atoms with van der Waals surface area (Å²) >= 11 is 0. The largest absolute Gasteiger partial charge is 0.435 e. The molecule has 8 aromatic carbocycles. The molecule has 1 aliphatic carbocycles. The van der Waals surface area contributed by atoms with Gasteiger partial charge in [0.1, 0.15) is 5.69 Å². The van der Waals surface area contributed by atoms with Gasteiger partial charge in [0.15, 0.2) is 5.76 Å². The Kier molecular flexibility index (Phi) is 5.11. The summed E-state index contributed by atoms with van der Waals surface area (Å²) < 4.78 is 9.17. The molecule has 0 radical (unpaired) electrons. The quantitative estimate of drug-likeness (QED) is 0.186. The maximum absolute atomic E-state index is 6.75. The van der Waals surface area contributed by atoms with E-state index in [1.165, 1.54) is 59.9 Å². The van der Waals surface area contributed by atoms with Crippen molar-refractivity contribution in [2.24, 2.45) is 0 Å². The van der Waals surface area contributed by atoms with Crippen molar-refractivity contribution in [3.63, 3.8) is 0 Å². The number of oxazole rings is 1. The molecule has 0 fully saturated rings. The van der Waals surface area contributed by atoms with E-state index in [4.69, 9.17) is 9.40 Å². The van der Waals surface area contributed by atoms with Gasteiger partial charge in [-0.25, -0.2) is 4.98 Å². The number of rotatable bonds is 3. The van der Waals surface area contributed by atoms with E-state index in [2.05, 4.69) is 162 Å². The molecule has 2 aromatic heterocycles. The second-order valence-corrected chi connectivity index (χ2v) is 12.7. The fraction of sp³-hybridized carbons (Fsp3) is 0. The number of hydrogen-bond donors (Lipinski definition) is 0. The summed E-state index contributed by atoms with van der Waals surface area (Å²) in [6.45, 7) is 0. The van der Waals surface area contributed by atoms with Gasteiger partial charge >= 0.3 is 0 Å². The zero-order valence-electron chi connectivity index (χ0n) is 25.8. The van der Waals surface area contributed by atoms with Crippen molar-refractivity contribution in [1.29, 1.82) is 0 Å². The van der Waals surface area contributed by atoms with E-state index in [9.17, 15) is 0 Å². The van der Waals surface area contributed by atoms with Crippen LogP contribution in [0, 0.1) is 0 Å². The molecule has 10 aromatic rings. The van der Waals surface area contributed by atoms with Crippen molar-refractivity contribution < 1.29 is 4.42 Å². The van der Waals surface area contributed by atoms with Gasteiger partial charge in [0.25, 0.3) is 0 Å². The summed E-state index contributed by atoms with van der Waals surface area (Å²) in [6, 6.07) is 56.5. The van der Waals surface area contributed by atoms with E-state index < -0.39 is 0 Å². The fourth-order valence-corrected chi connectivity index (χ4v) is 8.05. The first kappa shape index (κ1) is 25.7. The summed E-state index contributed by atoms with van der Waals surface area (Å²) in [6.07, 6.45) is 0. The highest BCUT2D eigenvalue weighted by Gasteiger charge is 2.30. The Morgan fingerprint density at radius 3 is 2.06 bits per heavy atom. The number of benzene rings is 8. The van der Waals surface area contributed by atoms with Gasteiger partial charge in [0, 0.05) is 38.2 Å². The summed E-state index contributed by atoms with van der Waals surface area (Å²) in [7, 11) is 0. The molecule has 2 heterocycles. The highest BCUT2D eigenvalue weighted by Crippen LogP contribution is 2.51. The lowest BCUT2D eigenvalue weighted by atomic mass is 9.97. The fourth-order valence-electron chi connectivity index (χ4n) is 8.05. The molecule has 0 aliphatic heterocycles. The Labute approximate surface area is 275 Å². The predicted molar refractivity (Wildman–Crippen MR) is 199 cm³/mol. The third-order valence-electron chi connectivity index (χ3n) is 10.2. The van der Waals surface area contributed by atoms with Crippen molar-refractivity contribution in [1.82, 2.24) is 9.55 Å². The van der Waals surface area contributed by atoms with E-state index in [1.54, 1.807) is 0 Å². The zero-order chi connectivity index (χ0) is 31.3. The van der Waals surface area contributed by atoms with E-state index in [1.807, 2.05) is 0 Å². The van der Waals surface area contributed by atoms with Crippen molar-refractivity contribution in [2.45, 2.75) is 0 Å². The molecule has 0 atom stereocenters. The molecule has 3 nitrogen and oxygen atoms in total. The van der Waals surface area contributed by atoms with Crippen LogP contribution in [0.4, 0.5) is 0 Å².